The van der Waals surface area contributed by atoms with Gasteiger partial charge in [0.25, 0.3) is 0 Å². The molecule has 1 atom stereocenters. The van der Waals surface area contributed by atoms with Crippen LogP contribution >= 0.6 is 11.8 Å². The van der Waals surface area contributed by atoms with Crippen LogP contribution in [0.5, 0.6) is 0 Å². The summed E-state index contributed by atoms with van der Waals surface area (Å²) in [5.41, 5.74) is 0. The molecule has 0 aromatic heterocycles. The summed E-state index contributed by atoms with van der Waals surface area (Å²) in [5.74, 6) is 0.167. The van der Waals surface area contributed by atoms with Crippen LogP contribution < -0.4 is 0 Å². The number of rotatable bonds is 6. The minimum atomic E-state index is -0.882. The Morgan fingerprint density at radius 2 is 2.12 bits per heavy atom. The predicted molar refractivity (Wildman–Crippen MR) is 64.4 cm³/mol. The van der Waals surface area contributed by atoms with Gasteiger partial charge in [0.2, 0.25) is 5.91 Å². The summed E-state index contributed by atoms with van der Waals surface area (Å²) in [6, 6.07) is -0.608. The van der Waals surface area contributed by atoms with Crippen molar-refractivity contribution in [2.45, 2.75) is 45.1 Å². The molecular weight excluding hydrogens is 226 g/mol. The summed E-state index contributed by atoms with van der Waals surface area (Å²) in [6.45, 7) is 2.12. The van der Waals surface area contributed by atoms with Gasteiger partial charge < -0.3 is 10.0 Å². The second-order valence-electron chi connectivity index (χ2n) is 4.03. The van der Waals surface area contributed by atoms with Crippen molar-refractivity contribution in [1.82, 2.24) is 4.90 Å². The monoisotopic (exact) mass is 245 g/mol. The summed E-state index contributed by atoms with van der Waals surface area (Å²) >= 11 is 1.51. The Balaban J connectivity index is 2.32. The Morgan fingerprint density at radius 3 is 2.75 bits per heavy atom. The Kier molecular flexibility index (Phi) is 5.66. The fourth-order valence-electron chi connectivity index (χ4n) is 1.74. The third-order valence-corrected chi connectivity index (χ3v) is 3.74. The van der Waals surface area contributed by atoms with E-state index >= 15 is 0 Å². The number of hydrogen-bond acceptors (Lipinski definition) is 3. The number of carbonyl (C=O) groups excluding carboxylic acids is 1. The Bertz CT molecular complexity index is 258. The minimum Gasteiger partial charge on any atom is -0.480 e. The van der Waals surface area contributed by atoms with Crippen molar-refractivity contribution >= 4 is 23.6 Å². The molecule has 16 heavy (non-hydrogen) atoms. The zero-order chi connectivity index (χ0) is 12.0. The first-order valence-corrected chi connectivity index (χ1v) is 6.92. The SMILES string of the molecule is CCCCCCC(=O)N1CSC[C@H]1C(=O)O. The van der Waals surface area contributed by atoms with Crippen molar-refractivity contribution in [3.63, 3.8) is 0 Å². The molecule has 1 amide bonds. The van der Waals surface area contributed by atoms with Crippen molar-refractivity contribution in [1.29, 1.82) is 0 Å². The number of carbonyl (C=O) groups is 2. The van der Waals surface area contributed by atoms with E-state index in [4.69, 9.17) is 5.11 Å². The molecule has 1 aliphatic heterocycles. The highest BCUT2D eigenvalue weighted by Crippen LogP contribution is 2.22. The lowest BCUT2D eigenvalue weighted by molar-refractivity contribution is -0.147. The molecular formula is C11H19NO3S. The summed E-state index contributed by atoms with van der Waals surface area (Å²) in [7, 11) is 0. The van der Waals surface area contributed by atoms with Gasteiger partial charge in [-0.15, -0.1) is 11.8 Å². The largest absolute Gasteiger partial charge is 0.480 e. The molecule has 1 rings (SSSR count). The first-order valence-electron chi connectivity index (χ1n) is 5.76. The molecule has 1 saturated heterocycles. The first-order chi connectivity index (χ1) is 7.66. The molecule has 0 saturated carbocycles. The molecule has 1 aliphatic rings. The van der Waals surface area contributed by atoms with E-state index in [1.807, 2.05) is 0 Å². The number of unbranched alkanes of at least 4 members (excludes halogenated alkanes) is 3. The van der Waals surface area contributed by atoms with Crippen LogP contribution in [-0.2, 0) is 9.59 Å². The molecule has 0 aromatic carbocycles. The van der Waals surface area contributed by atoms with E-state index in [0.29, 0.717) is 18.1 Å². The third kappa shape index (κ3) is 3.70. The zero-order valence-electron chi connectivity index (χ0n) is 9.65. The van der Waals surface area contributed by atoms with Crippen molar-refractivity contribution < 1.29 is 14.7 Å². The topological polar surface area (TPSA) is 57.6 Å². The highest BCUT2D eigenvalue weighted by molar-refractivity contribution is 7.99. The lowest BCUT2D eigenvalue weighted by Gasteiger charge is -2.20. The molecule has 0 bridgehead atoms. The quantitative estimate of drug-likeness (QED) is 0.727. The lowest BCUT2D eigenvalue weighted by Crippen LogP contribution is -2.41. The maximum absolute atomic E-state index is 11.8. The summed E-state index contributed by atoms with van der Waals surface area (Å²) in [6.07, 6.45) is 4.71. The van der Waals surface area contributed by atoms with Crippen LogP contribution in [0.4, 0.5) is 0 Å². The van der Waals surface area contributed by atoms with Gasteiger partial charge in [-0.25, -0.2) is 4.79 Å². The van der Waals surface area contributed by atoms with Crippen LogP contribution in [0.15, 0.2) is 0 Å². The average Bonchev–Trinajstić information content (AvgIpc) is 2.73. The van der Waals surface area contributed by atoms with E-state index in [9.17, 15) is 9.59 Å². The maximum Gasteiger partial charge on any atom is 0.327 e. The van der Waals surface area contributed by atoms with E-state index < -0.39 is 12.0 Å². The molecule has 1 N–H and O–H groups in total. The van der Waals surface area contributed by atoms with Gasteiger partial charge in [-0.05, 0) is 6.42 Å². The molecule has 1 fully saturated rings. The van der Waals surface area contributed by atoms with Gasteiger partial charge in [0.15, 0.2) is 0 Å². The van der Waals surface area contributed by atoms with Crippen LogP contribution in [-0.4, -0.2) is 39.6 Å². The standard InChI is InChI=1S/C11H19NO3S/c1-2-3-4-5-6-10(13)12-8-16-7-9(12)11(14)15/h9H,2-8H2,1H3,(H,14,15)/t9-/m0/s1. The van der Waals surface area contributed by atoms with Gasteiger partial charge in [-0.2, -0.15) is 0 Å². The number of aliphatic carboxylic acids is 1. The van der Waals surface area contributed by atoms with Crippen LogP contribution in [0.2, 0.25) is 0 Å². The second kappa shape index (κ2) is 6.78. The van der Waals surface area contributed by atoms with Gasteiger partial charge in [0, 0.05) is 12.2 Å². The normalized spacial score (nSPS) is 20.1. The molecule has 0 aliphatic carbocycles. The van der Waals surface area contributed by atoms with Gasteiger partial charge in [-0.3, -0.25) is 4.79 Å². The van der Waals surface area contributed by atoms with Crippen LogP contribution in [0.1, 0.15) is 39.0 Å². The number of hydrogen-bond donors (Lipinski definition) is 1. The smallest absolute Gasteiger partial charge is 0.327 e. The molecule has 5 heteroatoms. The third-order valence-electron chi connectivity index (χ3n) is 2.73. The molecule has 4 nitrogen and oxygen atoms in total. The van der Waals surface area contributed by atoms with E-state index in [-0.39, 0.29) is 5.91 Å². The van der Waals surface area contributed by atoms with Gasteiger partial charge in [-0.1, -0.05) is 26.2 Å². The van der Waals surface area contributed by atoms with Crippen LogP contribution in [0, 0.1) is 0 Å². The van der Waals surface area contributed by atoms with E-state index in [2.05, 4.69) is 6.92 Å². The van der Waals surface area contributed by atoms with Crippen LogP contribution in [0.25, 0.3) is 0 Å². The average molecular weight is 245 g/mol. The summed E-state index contributed by atoms with van der Waals surface area (Å²) in [5, 5.41) is 8.93. The lowest BCUT2D eigenvalue weighted by atomic mass is 10.1. The molecule has 0 unspecified atom stereocenters. The van der Waals surface area contributed by atoms with E-state index in [0.717, 1.165) is 25.7 Å². The predicted octanol–water partition coefficient (Wildman–Crippen LogP) is 1.94. The number of thioether (sulfide) groups is 1. The fourth-order valence-corrected chi connectivity index (χ4v) is 2.91. The van der Waals surface area contributed by atoms with Gasteiger partial charge in [0.1, 0.15) is 6.04 Å². The number of nitrogens with zero attached hydrogens (tertiary/aromatic N) is 1. The van der Waals surface area contributed by atoms with Crippen molar-refractivity contribution in [3.8, 4) is 0 Å². The van der Waals surface area contributed by atoms with E-state index in [1.165, 1.54) is 16.7 Å². The van der Waals surface area contributed by atoms with Crippen molar-refractivity contribution in [3.05, 3.63) is 0 Å². The highest BCUT2D eigenvalue weighted by Gasteiger charge is 2.33. The molecule has 92 valence electrons. The molecule has 1 heterocycles. The minimum absolute atomic E-state index is 0.00602. The fraction of sp³-hybridized carbons (Fsp3) is 0.818. The number of carboxylic acids is 1. The number of amides is 1. The van der Waals surface area contributed by atoms with Crippen molar-refractivity contribution in [2.75, 3.05) is 11.6 Å². The Labute approximate surface area is 100 Å². The zero-order valence-corrected chi connectivity index (χ0v) is 10.5. The van der Waals surface area contributed by atoms with Gasteiger partial charge >= 0.3 is 5.97 Å². The summed E-state index contributed by atoms with van der Waals surface area (Å²) in [4.78, 5) is 24.2. The Morgan fingerprint density at radius 1 is 1.38 bits per heavy atom. The molecule has 0 spiro atoms. The number of carboxylic acid groups (broad SMARTS) is 1. The molecule has 0 aromatic rings. The van der Waals surface area contributed by atoms with Crippen molar-refractivity contribution in [2.24, 2.45) is 0 Å². The first kappa shape index (κ1) is 13.4. The summed E-state index contributed by atoms with van der Waals surface area (Å²) < 4.78 is 0. The Hall–Kier alpha value is -0.710. The van der Waals surface area contributed by atoms with E-state index in [1.54, 1.807) is 0 Å². The van der Waals surface area contributed by atoms with Gasteiger partial charge in [0.05, 0.1) is 5.88 Å². The highest BCUT2D eigenvalue weighted by atomic mass is 32.2. The maximum atomic E-state index is 11.8. The second-order valence-corrected chi connectivity index (χ2v) is 5.03. The molecule has 0 radical (unpaired) electrons. The van der Waals surface area contributed by atoms with Crippen LogP contribution in [0.3, 0.4) is 0 Å².